The second-order valence-electron chi connectivity index (χ2n) is 5.10. The van der Waals surface area contributed by atoms with Gasteiger partial charge in [-0.15, -0.1) is 22.7 Å². The molecule has 3 nitrogen and oxygen atoms in total. The molecule has 0 radical (unpaired) electrons. The van der Waals surface area contributed by atoms with E-state index in [0.717, 1.165) is 29.3 Å². The number of aromatic nitrogens is 2. The van der Waals surface area contributed by atoms with Crippen LogP contribution in [-0.4, -0.2) is 23.1 Å². The van der Waals surface area contributed by atoms with Gasteiger partial charge in [-0.1, -0.05) is 12.1 Å². The maximum atomic E-state index is 4.83. The molecule has 0 bridgehead atoms. The van der Waals surface area contributed by atoms with Crippen molar-refractivity contribution in [3.8, 4) is 10.7 Å². The predicted molar refractivity (Wildman–Crippen MR) is 85.6 cm³/mol. The Hall–Kier alpha value is -1.30. The molecule has 0 spiro atoms. The summed E-state index contributed by atoms with van der Waals surface area (Å²) in [5.74, 6) is 0.580. The second kappa shape index (κ2) is 5.24. The molecule has 1 N–H and O–H groups in total. The molecule has 0 saturated carbocycles. The number of nitrogens with zero attached hydrogens (tertiary/aromatic N) is 2. The second-order valence-corrected chi connectivity index (χ2v) is 7.02. The van der Waals surface area contributed by atoms with Gasteiger partial charge in [0.1, 0.15) is 10.7 Å². The fourth-order valence-electron chi connectivity index (χ4n) is 2.62. The third-order valence-corrected chi connectivity index (χ3v) is 5.75. The molecule has 1 aromatic carbocycles. The number of para-hydroxylation sites is 1. The zero-order valence-electron chi connectivity index (χ0n) is 11.0. The molecule has 102 valence electrons. The number of benzene rings is 1. The Bertz CT molecular complexity index is 692. The molecular weight excluding hydrogens is 286 g/mol. The molecule has 1 aliphatic heterocycles. The summed E-state index contributed by atoms with van der Waals surface area (Å²) < 4.78 is 1.23. The first-order valence-corrected chi connectivity index (χ1v) is 8.62. The van der Waals surface area contributed by atoms with Crippen molar-refractivity contribution in [1.82, 2.24) is 15.3 Å². The monoisotopic (exact) mass is 301 g/mol. The van der Waals surface area contributed by atoms with Crippen molar-refractivity contribution < 1.29 is 0 Å². The van der Waals surface area contributed by atoms with Crippen LogP contribution in [-0.2, 0) is 0 Å². The number of nitrogens with one attached hydrogen (secondary N) is 1. The zero-order chi connectivity index (χ0) is 13.4. The highest BCUT2D eigenvalue weighted by Crippen LogP contribution is 2.33. The largest absolute Gasteiger partial charge is 0.316 e. The van der Waals surface area contributed by atoms with Gasteiger partial charge in [-0.05, 0) is 31.5 Å². The lowest BCUT2D eigenvalue weighted by molar-refractivity contribution is 0.460. The minimum atomic E-state index is 0.580. The van der Waals surface area contributed by atoms with Gasteiger partial charge in [0.05, 0.1) is 15.2 Å². The fraction of sp³-hybridized carbons (Fsp3) is 0.333. The molecular formula is C15H15N3S2. The molecule has 1 unspecified atom stereocenters. The van der Waals surface area contributed by atoms with E-state index in [-0.39, 0.29) is 0 Å². The number of hydrogen-bond acceptors (Lipinski definition) is 5. The third kappa shape index (κ3) is 2.26. The van der Waals surface area contributed by atoms with E-state index in [9.17, 15) is 0 Å². The van der Waals surface area contributed by atoms with Crippen LogP contribution in [0.4, 0.5) is 0 Å². The summed E-state index contributed by atoms with van der Waals surface area (Å²) in [6.45, 7) is 2.21. The van der Waals surface area contributed by atoms with Crippen molar-refractivity contribution in [2.45, 2.75) is 18.8 Å². The van der Waals surface area contributed by atoms with Gasteiger partial charge in [-0.2, -0.15) is 0 Å². The van der Waals surface area contributed by atoms with Gasteiger partial charge in [0, 0.05) is 17.8 Å². The lowest BCUT2D eigenvalue weighted by Gasteiger charge is -2.20. The van der Waals surface area contributed by atoms with Gasteiger partial charge < -0.3 is 5.32 Å². The van der Waals surface area contributed by atoms with Crippen LogP contribution in [0, 0.1) is 0 Å². The van der Waals surface area contributed by atoms with Crippen molar-refractivity contribution in [3.05, 3.63) is 34.7 Å². The number of rotatable bonds is 2. The number of piperidine rings is 1. The Morgan fingerprint density at radius 3 is 3.00 bits per heavy atom. The molecule has 1 fully saturated rings. The Balaban J connectivity index is 1.66. The molecule has 1 saturated heterocycles. The summed E-state index contributed by atoms with van der Waals surface area (Å²) in [6.07, 6.45) is 2.50. The molecule has 0 aliphatic carbocycles. The van der Waals surface area contributed by atoms with E-state index >= 15 is 0 Å². The van der Waals surface area contributed by atoms with E-state index in [0.29, 0.717) is 5.92 Å². The van der Waals surface area contributed by atoms with Crippen molar-refractivity contribution >= 4 is 32.9 Å². The summed E-state index contributed by atoms with van der Waals surface area (Å²) in [4.78, 5) is 9.51. The molecule has 20 heavy (non-hydrogen) atoms. The highest BCUT2D eigenvalue weighted by Gasteiger charge is 2.19. The van der Waals surface area contributed by atoms with Crippen LogP contribution in [0.25, 0.3) is 20.9 Å². The van der Waals surface area contributed by atoms with E-state index < -0.39 is 0 Å². The van der Waals surface area contributed by atoms with Gasteiger partial charge in [0.15, 0.2) is 0 Å². The van der Waals surface area contributed by atoms with Gasteiger partial charge >= 0.3 is 0 Å². The minimum Gasteiger partial charge on any atom is -0.316 e. The fourth-order valence-corrected chi connectivity index (χ4v) is 4.56. The third-order valence-electron chi connectivity index (χ3n) is 3.68. The zero-order valence-corrected chi connectivity index (χ0v) is 12.6. The van der Waals surface area contributed by atoms with Crippen molar-refractivity contribution in [1.29, 1.82) is 0 Å². The molecule has 1 aliphatic rings. The van der Waals surface area contributed by atoms with Crippen molar-refractivity contribution in [2.75, 3.05) is 13.1 Å². The molecule has 4 rings (SSSR count). The maximum Gasteiger partial charge on any atom is 0.143 e. The lowest BCUT2D eigenvalue weighted by Crippen LogP contribution is -2.28. The van der Waals surface area contributed by atoms with Crippen LogP contribution >= 0.6 is 22.7 Å². The van der Waals surface area contributed by atoms with Gasteiger partial charge in [0.2, 0.25) is 0 Å². The Kier molecular flexibility index (Phi) is 3.26. The quantitative estimate of drug-likeness (QED) is 0.780. The Morgan fingerprint density at radius 2 is 2.15 bits per heavy atom. The standard InChI is InChI=1S/C15H15N3S2/c1-2-6-13-11(5-1)17-15(20-13)12-9-19-14(18-12)10-4-3-7-16-8-10/h1-2,5-6,9-10,16H,3-4,7-8H2. The molecule has 0 amide bonds. The highest BCUT2D eigenvalue weighted by molar-refractivity contribution is 7.21. The molecule has 2 aromatic heterocycles. The molecule has 1 atom stereocenters. The topological polar surface area (TPSA) is 37.8 Å². The Labute approximate surface area is 125 Å². The van der Waals surface area contributed by atoms with Crippen LogP contribution in [0.2, 0.25) is 0 Å². The van der Waals surface area contributed by atoms with Gasteiger partial charge in [-0.25, -0.2) is 9.97 Å². The van der Waals surface area contributed by atoms with Crippen molar-refractivity contribution in [3.63, 3.8) is 0 Å². The molecule has 3 aromatic rings. The number of fused-ring (bicyclic) bond motifs is 1. The number of thiazole rings is 2. The van der Waals surface area contributed by atoms with E-state index in [1.54, 1.807) is 22.7 Å². The van der Waals surface area contributed by atoms with Gasteiger partial charge in [-0.3, -0.25) is 0 Å². The summed E-state index contributed by atoms with van der Waals surface area (Å²) in [6, 6.07) is 8.28. The Morgan fingerprint density at radius 1 is 1.20 bits per heavy atom. The smallest absolute Gasteiger partial charge is 0.143 e. The SMILES string of the molecule is c1ccc2sc(-c3csc(C4CCCNC4)n3)nc2c1. The summed E-state index contributed by atoms with van der Waals surface area (Å²) in [5.41, 5.74) is 2.11. The minimum absolute atomic E-state index is 0.580. The average Bonchev–Trinajstić information content (AvgIpc) is 3.14. The predicted octanol–water partition coefficient (Wildman–Crippen LogP) is 3.89. The number of hydrogen-bond donors (Lipinski definition) is 1. The summed E-state index contributed by atoms with van der Waals surface area (Å²) in [5, 5.41) is 7.91. The van der Waals surface area contributed by atoms with Crippen LogP contribution in [0.5, 0.6) is 0 Å². The first-order chi connectivity index (χ1) is 9.90. The van der Waals surface area contributed by atoms with E-state index in [2.05, 4.69) is 33.9 Å². The van der Waals surface area contributed by atoms with Gasteiger partial charge in [0.25, 0.3) is 0 Å². The average molecular weight is 301 g/mol. The van der Waals surface area contributed by atoms with Crippen LogP contribution in [0.15, 0.2) is 29.6 Å². The van der Waals surface area contributed by atoms with Crippen LogP contribution < -0.4 is 5.32 Å². The van der Waals surface area contributed by atoms with E-state index in [1.807, 2.05) is 6.07 Å². The van der Waals surface area contributed by atoms with Crippen LogP contribution in [0.1, 0.15) is 23.8 Å². The normalized spacial score (nSPS) is 19.5. The summed E-state index contributed by atoms with van der Waals surface area (Å²) in [7, 11) is 0. The van der Waals surface area contributed by atoms with Crippen LogP contribution in [0.3, 0.4) is 0 Å². The molecule has 3 heterocycles. The van der Waals surface area contributed by atoms with Crippen molar-refractivity contribution in [2.24, 2.45) is 0 Å². The molecule has 5 heteroatoms. The maximum absolute atomic E-state index is 4.83. The lowest BCUT2D eigenvalue weighted by atomic mass is 10.0. The summed E-state index contributed by atoms with van der Waals surface area (Å²) >= 11 is 3.50. The first kappa shape index (κ1) is 12.4. The van der Waals surface area contributed by atoms with E-state index in [4.69, 9.17) is 4.98 Å². The van der Waals surface area contributed by atoms with E-state index in [1.165, 1.54) is 22.5 Å². The highest BCUT2D eigenvalue weighted by atomic mass is 32.1. The first-order valence-electron chi connectivity index (χ1n) is 6.92.